The fourth-order valence-electron chi connectivity index (χ4n) is 3.28. The van der Waals surface area contributed by atoms with Crippen LogP contribution in [0.2, 0.25) is 0 Å². The van der Waals surface area contributed by atoms with Gasteiger partial charge in [-0.05, 0) is 24.5 Å². The summed E-state index contributed by atoms with van der Waals surface area (Å²) < 4.78 is 10.3. The minimum Gasteiger partial charge on any atom is -0.465 e. The summed E-state index contributed by atoms with van der Waals surface area (Å²) >= 11 is 0. The molecule has 0 bridgehead atoms. The van der Waals surface area contributed by atoms with Crippen LogP contribution in [0.15, 0.2) is 60.7 Å². The Morgan fingerprint density at radius 3 is 2.21 bits per heavy atom. The van der Waals surface area contributed by atoms with Crippen molar-refractivity contribution in [1.82, 2.24) is 9.80 Å². The Morgan fingerprint density at radius 2 is 1.59 bits per heavy atom. The Hall–Kier alpha value is -3.35. The highest BCUT2D eigenvalue weighted by atomic mass is 16.6. The molecule has 1 heterocycles. The molecule has 3 amide bonds. The quantitative estimate of drug-likeness (QED) is 0.672. The van der Waals surface area contributed by atoms with Gasteiger partial charge in [0.25, 0.3) is 0 Å². The average Bonchev–Trinajstić information content (AvgIpc) is 3.02. The molecule has 0 N–H and O–H groups in total. The molecule has 2 aromatic carbocycles. The van der Waals surface area contributed by atoms with Gasteiger partial charge in [-0.1, -0.05) is 60.7 Å². The third-order valence-corrected chi connectivity index (χ3v) is 4.61. The lowest BCUT2D eigenvalue weighted by Crippen LogP contribution is -2.42. The zero-order valence-electron chi connectivity index (χ0n) is 16.3. The summed E-state index contributed by atoms with van der Waals surface area (Å²) in [4.78, 5) is 39.8. The van der Waals surface area contributed by atoms with Crippen molar-refractivity contribution in [1.29, 1.82) is 0 Å². The van der Waals surface area contributed by atoms with Crippen LogP contribution in [0, 0.1) is 0 Å². The maximum absolute atomic E-state index is 12.8. The normalized spacial score (nSPS) is 16.0. The lowest BCUT2D eigenvalue weighted by molar-refractivity contribution is -0.143. The molecule has 1 aliphatic heterocycles. The number of imide groups is 1. The fourth-order valence-corrected chi connectivity index (χ4v) is 3.28. The molecule has 0 spiro atoms. The van der Waals surface area contributed by atoms with Crippen molar-refractivity contribution < 1.29 is 23.9 Å². The molecule has 1 saturated heterocycles. The first-order valence-corrected chi connectivity index (χ1v) is 9.57. The molecule has 7 heteroatoms. The van der Waals surface area contributed by atoms with E-state index in [1.54, 1.807) is 6.92 Å². The van der Waals surface area contributed by atoms with E-state index in [1.165, 1.54) is 4.90 Å². The van der Waals surface area contributed by atoms with E-state index in [1.807, 2.05) is 60.7 Å². The highest BCUT2D eigenvalue weighted by Crippen LogP contribution is 2.21. The third-order valence-electron chi connectivity index (χ3n) is 4.61. The van der Waals surface area contributed by atoms with Gasteiger partial charge in [0, 0.05) is 6.54 Å². The van der Waals surface area contributed by atoms with E-state index in [0.29, 0.717) is 6.42 Å². The Balaban J connectivity index is 1.72. The summed E-state index contributed by atoms with van der Waals surface area (Å²) in [6, 6.07) is 17.9. The Morgan fingerprint density at radius 1 is 0.966 bits per heavy atom. The number of hydrogen-bond donors (Lipinski definition) is 0. The number of carbonyl (C=O) groups is 3. The van der Waals surface area contributed by atoms with Gasteiger partial charge in [0.05, 0.1) is 12.6 Å². The van der Waals surface area contributed by atoms with Crippen molar-refractivity contribution in [3.8, 4) is 0 Å². The van der Waals surface area contributed by atoms with Gasteiger partial charge in [0.15, 0.2) is 0 Å². The molecule has 2 aromatic rings. The number of ether oxygens (including phenoxy) is 2. The van der Waals surface area contributed by atoms with E-state index in [2.05, 4.69) is 0 Å². The standard InChI is InChI=1S/C22H24N2O5/c1-2-28-20(25)15-23-14-19(13-17-9-5-3-6-10-17)24(21(23)26)22(27)29-16-18-11-7-4-8-12-18/h3-12,19H,2,13-16H2,1H3/t19-/m1/s1. The van der Waals surface area contributed by atoms with Crippen molar-refractivity contribution in [3.63, 3.8) is 0 Å². The highest BCUT2D eigenvalue weighted by Gasteiger charge is 2.43. The van der Waals surface area contributed by atoms with Gasteiger partial charge in [-0.2, -0.15) is 0 Å². The van der Waals surface area contributed by atoms with Crippen molar-refractivity contribution >= 4 is 18.1 Å². The zero-order valence-corrected chi connectivity index (χ0v) is 16.3. The van der Waals surface area contributed by atoms with Crippen molar-refractivity contribution in [2.24, 2.45) is 0 Å². The van der Waals surface area contributed by atoms with Crippen LogP contribution in [0.3, 0.4) is 0 Å². The number of carbonyl (C=O) groups excluding carboxylic acids is 3. The summed E-state index contributed by atoms with van der Waals surface area (Å²) in [5.41, 5.74) is 1.82. The van der Waals surface area contributed by atoms with Crippen LogP contribution in [0.25, 0.3) is 0 Å². The lowest BCUT2D eigenvalue weighted by atomic mass is 10.1. The number of hydrogen-bond acceptors (Lipinski definition) is 5. The first-order chi connectivity index (χ1) is 14.1. The average molecular weight is 396 g/mol. The van der Waals surface area contributed by atoms with E-state index < -0.39 is 24.1 Å². The number of esters is 1. The summed E-state index contributed by atoms with van der Waals surface area (Å²) in [6.45, 7) is 2.05. The molecule has 152 valence electrons. The largest absolute Gasteiger partial charge is 0.465 e. The summed E-state index contributed by atoms with van der Waals surface area (Å²) in [6.07, 6.45) is -0.238. The molecule has 29 heavy (non-hydrogen) atoms. The van der Waals surface area contributed by atoms with E-state index in [-0.39, 0.29) is 26.3 Å². The number of nitrogens with zero attached hydrogens (tertiary/aromatic N) is 2. The highest BCUT2D eigenvalue weighted by molar-refractivity contribution is 5.94. The SMILES string of the molecule is CCOC(=O)CN1C[C@@H](Cc2ccccc2)N(C(=O)OCc2ccccc2)C1=O. The Bertz CT molecular complexity index is 841. The van der Waals surface area contributed by atoms with Crippen molar-refractivity contribution in [2.75, 3.05) is 19.7 Å². The van der Waals surface area contributed by atoms with Gasteiger partial charge < -0.3 is 14.4 Å². The maximum Gasteiger partial charge on any atom is 0.418 e. The van der Waals surface area contributed by atoms with Crippen LogP contribution < -0.4 is 0 Å². The molecule has 3 rings (SSSR count). The fraction of sp³-hybridized carbons (Fsp3) is 0.318. The van der Waals surface area contributed by atoms with Crippen LogP contribution in [0.4, 0.5) is 9.59 Å². The molecule has 0 saturated carbocycles. The molecule has 1 aliphatic rings. The summed E-state index contributed by atoms with van der Waals surface area (Å²) in [7, 11) is 0. The second kappa shape index (κ2) is 9.73. The number of urea groups is 1. The number of benzene rings is 2. The Labute approximate surface area is 169 Å². The first-order valence-electron chi connectivity index (χ1n) is 9.57. The molecule has 0 aliphatic carbocycles. The van der Waals surface area contributed by atoms with Crippen LogP contribution in [-0.4, -0.2) is 53.6 Å². The van der Waals surface area contributed by atoms with Crippen LogP contribution in [0.5, 0.6) is 0 Å². The minimum absolute atomic E-state index is 0.0688. The monoisotopic (exact) mass is 396 g/mol. The second-order valence-corrected chi connectivity index (χ2v) is 6.72. The molecule has 0 aromatic heterocycles. The predicted molar refractivity (Wildman–Crippen MR) is 106 cm³/mol. The molecule has 0 radical (unpaired) electrons. The summed E-state index contributed by atoms with van der Waals surface area (Å²) in [5.74, 6) is -0.501. The third kappa shape index (κ3) is 5.34. The maximum atomic E-state index is 12.8. The molecular weight excluding hydrogens is 372 g/mol. The van der Waals surface area contributed by atoms with Gasteiger partial charge in [-0.15, -0.1) is 0 Å². The molecule has 7 nitrogen and oxygen atoms in total. The predicted octanol–water partition coefficient (Wildman–Crippen LogP) is 3.24. The smallest absolute Gasteiger partial charge is 0.418 e. The number of rotatable bonds is 7. The second-order valence-electron chi connectivity index (χ2n) is 6.72. The minimum atomic E-state index is -0.717. The van der Waals surface area contributed by atoms with Gasteiger partial charge >= 0.3 is 18.1 Å². The van der Waals surface area contributed by atoms with Gasteiger partial charge in [0.2, 0.25) is 0 Å². The molecule has 0 unspecified atom stereocenters. The molecular formula is C22H24N2O5. The van der Waals surface area contributed by atoms with Gasteiger partial charge in [-0.3, -0.25) is 4.79 Å². The Kier molecular flexibility index (Phi) is 6.84. The first kappa shape index (κ1) is 20.4. The van der Waals surface area contributed by atoms with Crippen LogP contribution in [-0.2, 0) is 27.3 Å². The molecule has 1 fully saturated rings. The summed E-state index contributed by atoms with van der Waals surface area (Å²) in [5, 5.41) is 0. The van der Waals surface area contributed by atoms with Crippen molar-refractivity contribution in [3.05, 3.63) is 71.8 Å². The number of amides is 3. The van der Waals surface area contributed by atoms with E-state index >= 15 is 0 Å². The van der Waals surface area contributed by atoms with E-state index in [4.69, 9.17) is 9.47 Å². The van der Waals surface area contributed by atoms with Crippen LogP contribution >= 0.6 is 0 Å². The molecule has 1 atom stereocenters. The van der Waals surface area contributed by atoms with Crippen molar-refractivity contribution in [2.45, 2.75) is 26.0 Å². The van der Waals surface area contributed by atoms with Gasteiger partial charge in [0.1, 0.15) is 13.2 Å². The van der Waals surface area contributed by atoms with E-state index in [0.717, 1.165) is 16.0 Å². The van der Waals surface area contributed by atoms with Gasteiger partial charge in [-0.25, -0.2) is 14.5 Å². The van der Waals surface area contributed by atoms with E-state index in [9.17, 15) is 14.4 Å². The topological polar surface area (TPSA) is 76.2 Å². The lowest BCUT2D eigenvalue weighted by Gasteiger charge is -2.21. The van der Waals surface area contributed by atoms with Crippen LogP contribution in [0.1, 0.15) is 18.1 Å². The zero-order chi connectivity index (χ0) is 20.6.